The topological polar surface area (TPSA) is 46.6 Å². The third-order valence-corrected chi connectivity index (χ3v) is 4.30. The molecule has 0 unspecified atom stereocenters. The first-order valence-electron chi connectivity index (χ1n) is 8.42. The molecule has 2 aromatic carbocycles. The average molecular weight is 339 g/mol. The normalized spacial score (nSPS) is 10.4. The molecule has 0 fully saturated rings. The monoisotopic (exact) mass is 339 g/mol. The third-order valence-electron chi connectivity index (χ3n) is 4.30. The molecule has 2 aromatic rings. The summed E-state index contributed by atoms with van der Waals surface area (Å²) in [4.78, 5) is 26.4. The number of methoxy groups -OCH3 is 1. The molecule has 0 saturated carbocycles. The molecule has 0 bridgehead atoms. The van der Waals surface area contributed by atoms with Crippen molar-refractivity contribution < 1.29 is 14.3 Å². The lowest BCUT2D eigenvalue weighted by atomic mass is 10.0. The zero-order chi connectivity index (χ0) is 18.6. The number of carbonyl (C=O) groups is 2. The second-order valence-electron chi connectivity index (χ2n) is 6.19. The van der Waals surface area contributed by atoms with Gasteiger partial charge in [0.1, 0.15) is 5.75 Å². The van der Waals surface area contributed by atoms with Gasteiger partial charge < -0.3 is 9.64 Å². The van der Waals surface area contributed by atoms with Crippen molar-refractivity contribution in [2.75, 3.05) is 18.6 Å². The Kier molecular flexibility index (Phi) is 5.97. The summed E-state index contributed by atoms with van der Waals surface area (Å²) in [5.41, 5.74) is 4.41. The molecule has 0 aliphatic rings. The molecule has 4 nitrogen and oxygen atoms in total. The first kappa shape index (κ1) is 18.7. The number of ether oxygens (including phenoxy) is 1. The number of carbonyl (C=O) groups excluding carboxylic acids is 2. The summed E-state index contributed by atoms with van der Waals surface area (Å²) in [6, 6.07) is 11.3. The van der Waals surface area contributed by atoms with Gasteiger partial charge in [-0.15, -0.1) is 0 Å². The van der Waals surface area contributed by atoms with E-state index in [2.05, 4.69) is 0 Å². The fraction of sp³-hybridized carbons (Fsp3) is 0.333. The van der Waals surface area contributed by atoms with Gasteiger partial charge in [-0.25, -0.2) is 0 Å². The van der Waals surface area contributed by atoms with E-state index in [9.17, 15) is 9.59 Å². The number of anilines is 1. The van der Waals surface area contributed by atoms with E-state index in [4.69, 9.17) is 4.74 Å². The largest absolute Gasteiger partial charge is 0.496 e. The van der Waals surface area contributed by atoms with Crippen LogP contribution in [0.3, 0.4) is 0 Å². The van der Waals surface area contributed by atoms with Crippen LogP contribution < -0.4 is 9.64 Å². The van der Waals surface area contributed by atoms with Gasteiger partial charge in [0.2, 0.25) is 5.91 Å². The fourth-order valence-electron chi connectivity index (χ4n) is 2.89. The number of likely N-dealkylation sites (N-methyl/N-ethyl adjacent to an activating group) is 1. The first-order valence-corrected chi connectivity index (χ1v) is 8.42. The van der Waals surface area contributed by atoms with Gasteiger partial charge in [0.15, 0.2) is 5.78 Å². The molecular formula is C21H25NO3. The van der Waals surface area contributed by atoms with Crippen molar-refractivity contribution in [1.29, 1.82) is 0 Å². The van der Waals surface area contributed by atoms with E-state index in [1.807, 2.05) is 39.0 Å². The molecule has 0 spiro atoms. The van der Waals surface area contributed by atoms with Crippen LogP contribution in [0.15, 0.2) is 36.4 Å². The van der Waals surface area contributed by atoms with Gasteiger partial charge in [0.05, 0.1) is 13.5 Å². The highest BCUT2D eigenvalue weighted by atomic mass is 16.5. The van der Waals surface area contributed by atoms with Crippen molar-refractivity contribution in [2.24, 2.45) is 0 Å². The van der Waals surface area contributed by atoms with Crippen molar-refractivity contribution >= 4 is 17.4 Å². The standard InChI is InChI=1S/C21H25NO3/c1-6-22(19-11-14(2)7-8-15(19)3)21(24)13-18-12-17(16(4)23)9-10-20(18)25-5/h7-12H,6,13H2,1-5H3. The second kappa shape index (κ2) is 7.97. The zero-order valence-electron chi connectivity index (χ0n) is 15.6. The van der Waals surface area contributed by atoms with E-state index in [1.54, 1.807) is 30.2 Å². The number of aryl methyl sites for hydroxylation is 2. The highest BCUT2D eigenvalue weighted by molar-refractivity contribution is 5.97. The Morgan fingerprint density at radius 1 is 1.08 bits per heavy atom. The number of benzene rings is 2. The summed E-state index contributed by atoms with van der Waals surface area (Å²) in [5.74, 6) is 0.573. The van der Waals surface area contributed by atoms with Crippen LogP contribution in [0.1, 0.15) is 40.9 Å². The number of rotatable bonds is 6. The van der Waals surface area contributed by atoms with E-state index in [0.717, 1.165) is 22.4 Å². The van der Waals surface area contributed by atoms with Gasteiger partial charge in [-0.2, -0.15) is 0 Å². The maximum Gasteiger partial charge on any atom is 0.231 e. The second-order valence-corrected chi connectivity index (χ2v) is 6.19. The third kappa shape index (κ3) is 4.27. The Morgan fingerprint density at radius 2 is 1.80 bits per heavy atom. The maximum absolute atomic E-state index is 12.9. The van der Waals surface area contributed by atoms with Crippen LogP contribution in [0.4, 0.5) is 5.69 Å². The highest BCUT2D eigenvalue weighted by Crippen LogP contribution is 2.25. The summed E-state index contributed by atoms with van der Waals surface area (Å²) in [6.07, 6.45) is 0.186. The van der Waals surface area contributed by atoms with Gasteiger partial charge in [-0.1, -0.05) is 12.1 Å². The molecule has 0 aliphatic carbocycles. The van der Waals surface area contributed by atoms with Crippen LogP contribution in [0.5, 0.6) is 5.75 Å². The quantitative estimate of drug-likeness (QED) is 0.744. The minimum absolute atomic E-state index is 0.0183. The lowest BCUT2D eigenvalue weighted by Gasteiger charge is -2.24. The van der Waals surface area contributed by atoms with Crippen molar-refractivity contribution in [3.8, 4) is 5.75 Å². The zero-order valence-corrected chi connectivity index (χ0v) is 15.6. The maximum atomic E-state index is 12.9. The van der Waals surface area contributed by atoms with Gasteiger partial charge >= 0.3 is 0 Å². The number of ketones is 1. The van der Waals surface area contributed by atoms with E-state index in [0.29, 0.717) is 17.9 Å². The van der Waals surface area contributed by atoms with Gasteiger partial charge in [-0.05, 0) is 63.1 Å². The number of Topliss-reactive ketones (excluding diaryl/α,β-unsaturated/α-hetero) is 1. The Bertz CT molecular complexity index is 796. The molecule has 0 aliphatic heterocycles. The molecule has 25 heavy (non-hydrogen) atoms. The number of hydrogen-bond donors (Lipinski definition) is 0. The Labute approximate surface area is 149 Å². The average Bonchev–Trinajstić information content (AvgIpc) is 2.58. The van der Waals surface area contributed by atoms with Crippen molar-refractivity contribution in [1.82, 2.24) is 0 Å². The van der Waals surface area contributed by atoms with Crippen LogP contribution >= 0.6 is 0 Å². The lowest BCUT2D eigenvalue weighted by molar-refractivity contribution is -0.118. The van der Waals surface area contributed by atoms with Crippen LogP contribution in [-0.2, 0) is 11.2 Å². The molecule has 4 heteroatoms. The fourth-order valence-corrected chi connectivity index (χ4v) is 2.89. The Balaban J connectivity index is 2.35. The minimum Gasteiger partial charge on any atom is -0.496 e. The van der Waals surface area contributed by atoms with Crippen LogP contribution in [0.2, 0.25) is 0 Å². The molecular weight excluding hydrogens is 314 g/mol. The molecule has 0 heterocycles. The molecule has 0 aromatic heterocycles. The highest BCUT2D eigenvalue weighted by Gasteiger charge is 2.19. The smallest absolute Gasteiger partial charge is 0.231 e. The Morgan fingerprint density at radius 3 is 2.40 bits per heavy atom. The number of hydrogen-bond acceptors (Lipinski definition) is 3. The lowest BCUT2D eigenvalue weighted by Crippen LogP contribution is -2.32. The van der Waals surface area contributed by atoms with Crippen molar-refractivity contribution in [3.05, 3.63) is 58.7 Å². The SMILES string of the molecule is CCN(C(=O)Cc1cc(C(C)=O)ccc1OC)c1cc(C)ccc1C. The summed E-state index contributed by atoms with van der Waals surface area (Å²) in [5, 5.41) is 0. The summed E-state index contributed by atoms with van der Waals surface area (Å²) in [6.45, 7) is 8.07. The van der Waals surface area contributed by atoms with E-state index < -0.39 is 0 Å². The predicted molar refractivity (Wildman–Crippen MR) is 101 cm³/mol. The van der Waals surface area contributed by atoms with Gasteiger partial charge in [-0.3, -0.25) is 9.59 Å². The molecule has 0 saturated heterocycles. The van der Waals surface area contributed by atoms with Crippen LogP contribution in [-0.4, -0.2) is 25.3 Å². The summed E-state index contributed by atoms with van der Waals surface area (Å²) < 4.78 is 5.36. The van der Waals surface area contributed by atoms with Crippen LogP contribution in [0, 0.1) is 13.8 Å². The molecule has 1 amide bonds. The number of nitrogens with zero attached hydrogens (tertiary/aromatic N) is 1. The molecule has 0 radical (unpaired) electrons. The molecule has 0 atom stereocenters. The van der Waals surface area contributed by atoms with Crippen LogP contribution in [0.25, 0.3) is 0 Å². The van der Waals surface area contributed by atoms with Gasteiger partial charge in [0, 0.05) is 23.4 Å². The minimum atomic E-state index is -0.0294. The van der Waals surface area contributed by atoms with Crippen molar-refractivity contribution in [3.63, 3.8) is 0 Å². The first-order chi connectivity index (χ1) is 11.9. The van der Waals surface area contributed by atoms with E-state index in [1.165, 1.54) is 6.92 Å². The Hall–Kier alpha value is -2.62. The van der Waals surface area contributed by atoms with E-state index in [-0.39, 0.29) is 18.1 Å². The molecule has 2 rings (SSSR count). The van der Waals surface area contributed by atoms with Gasteiger partial charge in [0.25, 0.3) is 0 Å². The molecule has 0 N–H and O–H groups in total. The van der Waals surface area contributed by atoms with E-state index >= 15 is 0 Å². The summed E-state index contributed by atoms with van der Waals surface area (Å²) in [7, 11) is 1.57. The van der Waals surface area contributed by atoms with Crippen molar-refractivity contribution in [2.45, 2.75) is 34.1 Å². The summed E-state index contributed by atoms with van der Waals surface area (Å²) >= 11 is 0. The molecule has 132 valence electrons. The number of amides is 1. The predicted octanol–water partition coefficient (Wildman–Crippen LogP) is 4.11.